The van der Waals surface area contributed by atoms with Crippen LogP contribution in [-0.4, -0.2) is 16.9 Å². The summed E-state index contributed by atoms with van der Waals surface area (Å²) >= 11 is 3.18. The van der Waals surface area contributed by atoms with Crippen LogP contribution in [0.5, 0.6) is 0 Å². The van der Waals surface area contributed by atoms with Gasteiger partial charge in [0, 0.05) is 11.8 Å². The lowest BCUT2D eigenvalue weighted by molar-refractivity contribution is -0.125. The second-order valence-electron chi connectivity index (χ2n) is 3.76. The molecule has 0 aliphatic heterocycles. The highest BCUT2D eigenvalue weighted by atomic mass is 79.9. The van der Waals surface area contributed by atoms with E-state index in [1.807, 2.05) is 0 Å². The van der Waals surface area contributed by atoms with E-state index in [1.165, 1.54) is 0 Å². The van der Waals surface area contributed by atoms with E-state index in [4.69, 9.17) is 0 Å². The van der Waals surface area contributed by atoms with Gasteiger partial charge in [-0.1, -0.05) is 15.9 Å². The van der Waals surface area contributed by atoms with Crippen LogP contribution in [-0.2, 0) is 9.59 Å². The first-order valence-electron chi connectivity index (χ1n) is 4.74. The first-order valence-corrected chi connectivity index (χ1v) is 5.86. The van der Waals surface area contributed by atoms with E-state index >= 15 is 0 Å². The molecule has 1 saturated carbocycles. The van der Waals surface area contributed by atoms with Crippen LogP contribution in [0.2, 0.25) is 0 Å². The number of alkyl halides is 1. The molecule has 0 bridgehead atoms. The van der Waals surface area contributed by atoms with Crippen molar-refractivity contribution in [2.75, 3.05) is 5.33 Å². The number of carbonyl (C=O) groups excluding carboxylic acids is 2. The van der Waals surface area contributed by atoms with E-state index in [0.29, 0.717) is 11.1 Å². The predicted molar refractivity (Wildman–Crippen MR) is 54.9 cm³/mol. The van der Waals surface area contributed by atoms with E-state index in [9.17, 15) is 9.59 Å². The summed E-state index contributed by atoms with van der Waals surface area (Å²) < 4.78 is 0. The van der Waals surface area contributed by atoms with Crippen LogP contribution in [0.3, 0.4) is 0 Å². The molecular weight excluding hydrogens is 232 g/mol. The van der Waals surface area contributed by atoms with Crippen molar-refractivity contribution in [1.82, 2.24) is 0 Å². The molecule has 0 unspecified atom stereocenters. The molecule has 0 aromatic rings. The van der Waals surface area contributed by atoms with E-state index in [2.05, 4.69) is 15.9 Å². The Morgan fingerprint density at radius 1 is 1.15 bits per heavy atom. The summed E-state index contributed by atoms with van der Waals surface area (Å²) in [5.41, 5.74) is 0. The zero-order chi connectivity index (χ0) is 9.84. The van der Waals surface area contributed by atoms with Crippen LogP contribution in [0, 0.1) is 11.8 Å². The lowest BCUT2D eigenvalue weighted by Gasteiger charge is -2.25. The fourth-order valence-corrected chi connectivity index (χ4v) is 2.39. The van der Waals surface area contributed by atoms with Gasteiger partial charge in [-0.25, -0.2) is 0 Å². The van der Waals surface area contributed by atoms with Crippen LogP contribution >= 0.6 is 15.9 Å². The summed E-state index contributed by atoms with van der Waals surface area (Å²) in [7, 11) is 0. The third-order valence-electron chi connectivity index (χ3n) is 2.89. The van der Waals surface area contributed by atoms with Gasteiger partial charge in [0.1, 0.15) is 11.6 Å². The fraction of sp³-hybridized carbons (Fsp3) is 0.800. The minimum Gasteiger partial charge on any atom is -0.300 e. The second-order valence-corrected chi connectivity index (χ2v) is 4.32. The fourth-order valence-electron chi connectivity index (χ4n) is 1.93. The van der Waals surface area contributed by atoms with Gasteiger partial charge in [0.15, 0.2) is 0 Å². The van der Waals surface area contributed by atoms with Gasteiger partial charge in [-0.3, -0.25) is 9.59 Å². The maximum Gasteiger partial charge on any atom is 0.146 e. The minimum absolute atomic E-state index is 0.204. The summed E-state index contributed by atoms with van der Waals surface area (Å²) in [6.07, 6.45) is 3.60. The van der Waals surface area contributed by atoms with Crippen molar-refractivity contribution in [3.63, 3.8) is 0 Å². The summed E-state index contributed by atoms with van der Waals surface area (Å²) in [4.78, 5) is 22.4. The standard InChI is InChI=1S/C10H15BrO2/c1-7(12)8-2-4-9(5-3-8)10(13)6-11/h8-9H,2-6H2,1H3. The molecule has 0 N–H and O–H groups in total. The van der Waals surface area contributed by atoms with Gasteiger partial charge in [-0.15, -0.1) is 0 Å². The average molecular weight is 247 g/mol. The molecule has 0 atom stereocenters. The molecule has 74 valence electrons. The highest BCUT2D eigenvalue weighted by Crippen LogP contribution is 2.30. The Balaban J connectivity index is 2.39. The Hall–Kier alpha value is -0.180. The topological polar surface area (TPSA) is 34.1 Å². The maximum absolute atomic E-state index is 11.3. The van der Waals surface area contributed by atoms with Gasteiger partial charge in [0.2, 0.25) is 0 Å². The Kier molecular flexibility index (Phi) is 4.10. The van der Waals surface area contributed by atoms with Crippen LogP contribution < -0.4 is 0 Å². The molecule has 2 nitrogen and oxygen atoms in total. The molecule has 0 heterocycles. The number of halogens is 1. The van der Waals surface area contributed by atoms with Crippen LogP contribution in [0.4, 0.5) is 0 Å². The highest BCUT2D eigenvalue weighted by molar-refractivity contribution is 9.09. The Bertz CT molecular complexity index is 205. The highest BCUT2D eigenvalue weighted by Gasteiger charge is 2.27. The molecule has 3 heteroatoms. The van der Waals surface area contributed by atoms with E-state index in [1.54, 1.807) is 6.92 Å². The molecule has 0 radical (unpaired) electrons. The molecule has 1 rings (SSSR count). The minimum atomic E-state index is 0.204. The molecule has 1 aliphatic carbocycles. The largest absolute Gasteiger partial charge is 0.300 e. The van der Waals surface area contributed by atoms with Gasteiger partial charge in [-0.05, 0) is 32.6 Å². The van der Waals surface area contributed by atoms with Crippen LogP contribution in [0.25, 0.3) is 0 Å². The Morgan fingerprint density at radius 3 is 2.00 bits per heavy atom. The summed E-state index contributed by atoms with van der Waals surface area (Å²) in [6.45, 7) is 1.65. The van der Waals surface area contributed by atoms with Crippen molar-refractivity contribution >= 4 is 27.5 Å². The zero-order valence-electron chi connectivity index (χ0n) is 7.88. The Labute approximate surface area is 87.2 Å². The lowest BCUT2D eigenvalue weighted by atomic mass is 9.79. The van der Waals surface area contributed by atoms with Gasteiger partial charge < -0.3 is 0 Å². The molecule has 1 fully saturated rings. The first kappa shape index (κ1) is 10.9. The van der Waals surface area contributed by atoms with Crippen LogP contribution in [0.15, 0.2) is 0 Å². The monoisotopic (exact) mass is 246 g/mol. The number of hydrogen-bond donors (Lipinski definition) is 0. The van der Waals surface area contributed by atoms with Crippen molar-refractivity contribution in [2.45, 2.75) is 32.6 Å². The normalized spacial score (nSPS) is 28.5. The predicted octanol–water partition coefficient (Wildman–Crippen LogP) is 2.35. The zero-order valence-corrected chi connectivity index (χ0v) is 9.47. The first-order chi connectivity index (χ1) is 6.15. The SMILES string of the molecule is CC(=O)C1CCC(C(=O)CBr)CC1. The van der Waals surface area contributed by atoms with Crippen molar-refractivity contribution in [3.8, 4) is 0 Å². The smallest absolute Gasteiger partial charge is 0.146 e. The summed E-state index contributed by atoms with van der Waals surface area (Å²) in [5, 5.41) is 0.461. The third-order valence-corrected chi connectivity index (χ3v) is 3.44. The van der Waals surface area contributed by atoms with Gasteiger partial charge in [0.05, 0.1) is 5.33 Å². The quantitative estimate of drug-likeness (QED) is 0.717. The molecule has 0 aromatic carbocycles. The molecule has 0 saturated heterocycles. The van der Waals surface area contributed by atoms with Crippen molar-refractivity contribution in [2.24, 2.45) is 11.8 Å². The van der Waals surface area contributed by atoms with E-state index < -0.39 is 0 Å². The average Bonchev–Trinajstić information content (AvgIpc) is 2.17. The number of Topliss-reactive ketones (excluding diaryl/α,β-unsaturated/α-hetero) is 2. The van der Waals surface area contributed by atoms with Gasteiger partial charge in [0.25, 0.3) is 0 Å². The Morgan fingerprint density at radius 2 is 1.62 bits per heavy atom. The van der Waals surface area contributed by atoms with Crippen molar-refractivity contribution < 1.29 is 9.59 Å². The third kappa shape index (κ3) is 2.90. The van der Waals surface area contributed by atoms with E-state index in [0.717, 1.165) is 25.7 Å². The molecule has 13 heavy (non-hydrogen) atoms. The maximum atomic E-state index is 11.3. The summed E-state index contributed by atoms with van der Waals surface area (Å²) in [6, 6.07) is 0. The molecule has 0 amide bonds. The lowest BCUT2D eigenvalue weighted by Crippen LogP contribution is -2.25. The van der Waals surface area contributed by atoms with Crippen LogP contribution in [0.1, 0.15) is 32.6 Å². The van der Waals surface area contributed by atoms with E-state index in [-0.39, 0.29) is 17.6 Å². The van der Waals surface area contributed by atoms with Gasteiger partial charge >= 0.3 is 0 Å². The van der Waals surface area contributed by atoms with Crippen molar-refractivity contribution in [3.05, 3.63) is 0 Å². The number of ketones is 2. The molecule has 0 aromatic heterocycles. The molecular formula is C10H15BrO2. The molecule has 0 spiro atoms. The molecule has 1 aliphatic rings. The summed E-state index contributed by atoms with van der Waals surface area (Å²) in [5.74, 6) is 1.00. The van der Waals surface area contributed by atoms with Crippen molar-refractivity contribution in [1.29, 1.82) is 0 Å². The second kappa shape index (κ2) is 4.89. The number of rotatable bonds is 3. The number of carbonyl (C=O) groups is 2. The van der Waals surface area contributed by atoms with Gasteiger partial charge in [-0.2, -0.15) is 0 Å². The number of hydrogen-bond acceptors (Lipinski definition) is 2.